The molecule has 35 heavy (non-hydrogen) atoms. The van der Waals surface area contributed by atoms with Crippen LogP contribution in [0, 0.1) is 0 Å². The lowest BCUT2D eigenvalue weighted by molar-refractivity contribution is -0.126. The Morgan fingerprint density at radius 2 is 1.66 bits per heavy atom. The molecule has 4 rings (SSSR count). The number of amides is 1. The topological polar surface area (TPSA) is 57.7 Å². The molecule has 2 aromatic carbocycles. The smallest absolute Gasteiger partial charge is 0.246 e. The van der Waals surface area contributed by atoms with Gasteiger partial charge in [-0.3, -0.25) is 19.6 Å². The van der Waals surface area contributed by atoms with Gasteiger partial charge in [0.05, 0.1) is 24.4 Å². The Kier molecular flexibility index (Phi) is 9.26. The van der Waals surface area contributed by atoms with Crippen LogP contribution in [0.4, 0.5) is 0 Å². The number of carbonyl (C=O) groups excluding carboxylic acids is 1. The van der Waals surface area contributed by atoms with Gasteiger partial charge in [-0.05, 0) is 42.3 Å². The summed E-state index contributed by atoms with van der Waals surface area (Å²) in [4.78, 5) is 21.4. The molecule has 7 heteroatoms. The number of ether oxygens (including phenoxy) is 1. The van der Waals surface area contributed by atoms with Crippen LogP contribution in [0.2, 0.25) is 5.02 Å². The van der Waals surface area contributed by atoms with E-state index >= 15 is 0 Å². The van der Waals surface area contributed by atoms with Crippen molar-refractivity contribution in [3.8, 4) is 0 Å². The number of carbonyl (C=O) groups is 1. The summed E-state index contributed by atoms with van der Waals surface area (Å²) in [5.74, 6) is -0.123. The summed E-state index contributed by atoms with van der Waals surface area (Å²) in [5, 5.41) is 3.69. The van der Waals surface area contributed by atoms with Crippen molar-refractivity contribution in [2.45, 2.75) is 19.0 Å². The summed E-state index contributed by atoms with van der Waals surface area (Å²) in [7, 11) is 0. The fraction of sp³-hybridized carbons (Fsp3) is 0.357. The van der Waals surface area contributed by atoms with Crippen LogP contribution in [-0.2, 0) is 9.53 Å². The Hall–Kier alpha value is -2.77. The van der Waals surface area contributed by atoms with E-state index in [2.05, 4.69) is 62.6 Å². The second kappa shape index (κ2) is 12.8. The molecule has 0 saturated carbocycles. The number of hydrogen-bond donors (Lipinski definition) is 1. The molecule has 1 fully saturated rings. The van der Waals surface area contributed by atoms with Crippen LogP contribution >= 0.6 is 11.6 Å². The molecule has 2 atom stereocenters. The Morgan fingerprint density at radius 3 is 2.34 bits per heavy atom. The van der Waals surface area contributed by atoms with Crippen molar-refractivity contribution in [1.82, 2.24) is 20.1 Å². The third-order valence-electron chi connectivity index (χ3n) is 6.37. The molecular weight excluding hydrogens is 460 g/mol. The standard InChI is InChI=1S/C28H33ClN4O2/c1-22(26-9-5-6-14-30-26)31-27(34)21-35-20-19-32-15-17-33(18-16-32)28(23-7-3-2-4-8-23)24-10-12-25(29)13-11-24/h2-14,22,28H,15-21H2,1H3,(H,31,34). The summed E-state index contributed by atoms with van der Waals surface area (Å²) < 4.78 is 5.66. The van der Waals surface area contributed by atoms with Crippen molar-refractivity contribution >= 4 is 17.5 Å². The summed E-state index contributed by atoms with van der Waals surface area (Å²) in [6.45, 7) is 7.18. The highest BCUT2D eigenvalue weighted by Gasteiger charge is 2.26. The highest BCUT2D eigenvalue weighted by molar-refractivity contribution is 6.30. The van der Waals surface area contributed by atoms with E-state index in [1.54, 1.807) is 6.20 Å². The quantitative estimate of drug-likeness (QED) is 0.427. The molecule has 0 aliphatic carbocycles. The molecule has 2 heterocycles. The first-order valence-electron chi connectivity index (χ1n) is 12.1. The maximum absolute atomic E-state index is 12.2. The lowest BCUT2D eigenvalue weighted by Crippen LogP contribution is -2.48. The van der Waals surface area contributed by atoms with Gasteiger partial charge in [0.25, 0.3) is 0 Å². The van der Waals surface area contributed by atoms with Gasteiger partial charge in [-0.2, -0.15) is 0 Å². The van der Waals surface area contributed by atoms with E-state index < -0.39 is 0 Å². The minimum atomic E-state index is -0.140. The van der Waals surface area contributed by atoms with Crippen molar-refractivity contribution in [2.24, 2.45) is 0 Å². The summed E-state index contributed by atoms with van der Waals surface area (Å²) in [5.41, 5.74) is 3.38. The van der Waals surface area contributed by atoms with Crippen LogP contribution in [0.15, 0.2) is 79.0 Å². The fourth-order valence-corrected chi connectivity index (χ4v) is 4.61. The predicted molar refractivity (Wildman–Crippen MR) is 139 cm³/mol. The molecule has 2 unspecified atom stereocenters. The van der Waals surface area contributed by atoms with Gasteiger partial charge in [0.1, 0.15) is 6.61 Å². The number of aromatic nitrogens is 1. The lowest BCUT2D eigenvalue weighted by Gasteiger charge is -2.39. The van der Waals surface area contributed by atoms with Gasteiger partial charge < -0.3 is 10.1 Å². The molecule has 1 N–H and O–H groups in total. The molecule has 1 amide bonds. The van der Waals surface area contributed by atoms with Gasteiger partial charge in [-0.25, -0.2) is 0 Å². The van der Waals surface area contributed by atoms with E-state index in [4.69, 9.17) is 16.3 Å². The molecule has 6 nitrogen and oxygen atoms in total. The number of nitrogens with zero attached hydrogens (tertiary/aromatic N) is 3. The number of hydrogen-bond acceptors (Lipinski definition) is 5. The third-order valence-corrected chi connectivity index (χ3v) is 6.62. The molecule has 0 bridgehead atoms. The predicted octanol–water partition coefficient (Wildman–Crippen LogP) is 4.34. The molecule has 3 aromatic rings. The maximum Gasteiger partial charge on any atom is 0.246 e. The molecule has 1 saturated heterocycles. The Labute approximate surface area is 212 Å². The second-order valence-corrected chi connectivity index (χ2v) is 9.28. The van der Waals surface area contributed by atoms with Crippen molar-refractivity contribution in [2.75, 3.05) is 45.9 Å². The zero-order valence-corrected chi connectivity index (χ0v) is 20.9. The monoisotopic (exact) mass is 492 g/mol. The van der Waals surface area contributed by atoms with Gasteiger partial charge in [0.2, 0.25) is 5.91 Å². The van der Waals surface area contributed by atoms with Gasteiger partial charge in [0, 0.05) is 43.9 Å². The minimum Gasteiger partial charge on any atom is -0.370 e. The zero-order valence-electron chi connectivity index (χ0n) is 20.1. The highest BCUT2D eigenvalue weighted by atomic mass is 35.5. The fourth-order valence-electron chi connectivity index (χ4n) is 4.49. The average molecular weight is 493 g/mol. The lowest BCUT2D eigenvalue weighted by atomic mass is 9.96. The average Bonchev–Trinajstić information content (AvgIpc) is 2.90. The number of piperazine rings is 1. The number of benzene rings is 2. The molecule has 1 aromatic heterocycles. The summed E-state index contributed by atoms with van der Waals surface area (Å²) in [6.07, 6.45) is 1.73. The van der Waals surface area contributed by atoms with Crippen LogP contribution in [0.1, 0.15) is 35.8 Å². The highest BCUT2D eigenvalue weighted by Crippen LogP contribution is 2.30. The van der Waals surface area contributed by atoms with Crippen LogP contribution in [0.3, 0.4) is 0 Å². The molecular formula is C28H33ClN4O2. The third kappa shape index (κ3) is 7.36. The maximum atomic E-state index is 12.2. The van der Waals surface area contributed by atoms with Crippen molar-refractivity contribution in [3.05, 3.63) is 101 Å². The van der Waals surface area contributed by atoms with Crippen molar-refractivity contribution in [3.63, 3.8) is 0 Å². The second-order valence-electron chi connectivity index (χ2n) is 8.84. The first-order chi connectivity index (χ1) is 17.1. The minimum absolute atomic E-state index is 0.0593. The molecule has 184 valence electrons. The first-order valence-corrected chi connectivity index (χ1v) is 12.5. The molecule has 0 radical (unpaired) electrons. The van der Waals surface area contributed by atoms with E-state index in [1.807, 2.05) is 37.3 Å². The van der Waals surface area contributed by atoms with E-state index in [0.717, 1.165) is 43.4 Å². The molecule has 1 aliphatic heterocycles. The zero-order chi connectivity index (χ0) is 24.5. The normalized spacial score (nSPS) is 16.5. The van der Waals surface area contributed by atoms with Crippen molar-refractivity contribution in [1.29, 1.82) is 0 Å². The van der Waals surface area contributed by atoms with E-state index in [9.17, 15) is 4.79 Å². The summed E-state index contributed by atoms with van der Waals surface area (Å²) >= 11 is 6.14. The van der Waals surface area contributed by atoms with Gasteiger partial charge in [-0.15, -0.1) is 0 Å². The Morgan fingerprint density at radius 1 is 0.971 bits per heavy atom. The van der Waals surface area contributed by atoms with Gasteiger partial charge in [-0.1, -0.05) is 60.1 Å². The van der Waals surface area contributed by atoms with Crippen LogP contribution < -0.4 is 5.32 Å². The number of pyridine rings is 1. The van der Waals surface area contributed by atoms with E-state index in [-0.39, 0.29) is 24.6 Å². The van der Waals surface area contributed by atoms with E-state index in [1.165, 1.54) is 11.1 Å². The molecule has 0 spiro atoms. The van der Waals surface area contributed by atoms with Crippen LogP contribution in [-0.4, -0.2) is 66.6 Å². The van der Waals surface area contributed by atoms with Gasteiger partial charge in [0.15, 0.2) is 0 Å². The number of nitrogens with one attached hydrogen (secondary N) is 1. The van der Waals surface area contributed by atoms with Crippen molar-refractivity contribution < 1.29 is 9.53 Å². The Balaban J connectivity index is 1.22. The largest absolute Gasteiger partial charge is 0.370 e. The molecule has 1 aliphatic rings. The first kappa shape index (κ1) is 25.3. The summed E-state index contributed by atoms with van der Waals surface area (Å²) in [6, 6.07) is 24.6. The Bertz CT molecular complexity index is 1040. The van der Waals surface area contributed by atoms with E-state index in [0.29, 0.717) is 6.61 Å². The van der Waals surface area contributed by atoms with Crippen LogP contribution in [0.25, 0.3) is 0 Å². The van der Waals surface area contributed by atoms with Gasteiger partial charge >= 0.3 is 0 Å². The SMILES string of the molecule is CC(NC(=O)COCCN1CCN(C(c2ccccc2)c2ccc(Cl)cc2)CC1)c1ccccn1. The number of halogens is 1. The van der Waals surface area contributed by atoms with Crippen LogP contribution in [0.5, 0.6) is 0 Å². The number of rotatable bonds is 10.